The van der Waals surface area contributed by atoms with Crippen molar-refractivity contribution in [1.29, 1.82) is 0 Å². The number of benzene rings is 1. The molecule has 0 unspecified atom stereocenters. The minimum Gasteiger partial charge on any atom is -0.375 e. The number of hydrogen-bond donors (Lipinski definition) is 1. The molecule has 2 aliphatic rings. The van der Waals surface area contributed by atoms with E-state index in [9.17, 15) is 4.79 Å². The van der Waals surface area contributed by atoms with Crippen LogP contribution in [0.4, 0.5) is 5.69 Å². The lowest BCUT2D eigenvalue weighted by Gasteiger charge is -2.38. The van der Waals surface area contributed by atoms with E-state index in [0.717, 1.165) is 58.3 Å². The molecule has 0 atom stereocenters. The molecule has 2 fully saturated rings. The molecule has 2 aliphatic heterocycles. The molecule has 0 radical (unpaired) electrons. The summed E-state index contributed by atoms with van der Waals surface area (Å²) in [4.78, 5) is 17.1. The van der Waals surface area contributed by atoms with Crippen LogP contribution in [0.2, 0.25) is 0 Å². The predicted octanol–water partition coefficient (Wildman–Crippen LogP) is 3.90. The molecule has 0 aromatic heterocycles. The Morgan fingerprint density at radius 3 is 2.21 bits per heavy atom. The first kappa shape index (κ1) is 22.4. The molecule has 0 aliphatic carbocycles. The molecule has 0 spiro atoms. The zero-order valence-corrected chi connectivity index (χ0v) is 18.7. The number of ether oxygens (including phenoxy) is 1. The van der Waals surface area contributed by atoms with Gasteiger partial charge < -0.3 is 19.9 Å². The summed E-state index contributed by atoms with van der Waals surface area (Å²) in [6.07, 6.45) is 6.07. The quantitative estimate of drug-likeness (QED) is 0.510. The van der Waals surface area contributed by atoms with Gasteiger partial charge in [-0.3, -0.25) is 4.79 Å². The summed E-state index contributed by atoms with van der Waals surface area (Å²) in [5.74, 6) is 0.535. The SMILES string of the molecule is CC(C)N1CCC(OC2CCN(c3ccc(C(=O)NCCCCl)cc3)CC2)CC1. The van der Waals surface area contributed by atoms with Gasteiger partial charge in [-0.15, -0.1) is 11.6 Å². The van der Waals surface area contributed by atoms with Gasteiger partial charge in [-0.25, -0.2) is 0 Å². The van der Waals surface area contributed by atoms with Crippen molar-refractivity contribution in [2.24, 2.45) is 0 Å². The number of halogens is 1. The molecule has 1 aromatic carbocycles. The number of likely N-dealkylation sites (tertiary alicyclic amines) is 1. The zero-order chi connectivity index (χ0) is 20.6. The molecule has 0 saturated carbocycles. The summed E-state index contributed by atoms with van der Waals surface area (Å²) in [5, 5.41) is 2.90. The van der Waals surface area contributed by atoms with Crippen LogP contribution in [0.3, 0.4) is 0 Å². The van der Waals surface area contributed by atoms with E-state index in [-0.39, 0.29) is 5.91 Å². The maximum Gasteiger partial charge on any atom is 0.251 e. The standard InChI is InChI=1S/C23H36ClN3O2/c1-18(2)26-14-8-21(9-15-26)29-22-10-16-27(17-11-22)20-6-4-19(5-7-20)23(28)25-13-3-12-24/h4-7,18,21-22H,3,8-17H2,1-2H3,(H,25,28). The zero-order valence-electron chi connectivity index (χ0n) is 17.9. The molecule has 162 valence electrons. The molecule has 2 saturated heterocycles. The Labute approximate surface area is 180 Å². The van der Waals surface area contributed by atoms with E-state index in [0.29, 0.717) is 36.2 Å². The van der Waals surface area contributed by atoms with Gasteiger partial charge in [0.1, 0.15) is 0 Å². The van der Waals surface area contributed by atoms with Gasteiger partial charge in [0, 0.05) is 55.9 Å². The van der Waals surface area contributed by atoms with Crippen molar-refractivity contribution in [1.82, 2.24) is 10.2 Å². The average molecular weight is 422 g/mol. The minimum atomic E-state index is -0.0303. The fraction of sp³-hybridized carbons (Fsp3) is 0.696. The van der Waals surface area contributed by atoms with E-state index in [1.807, 2.05) is 12.1 Å². The summed E-state index contributed by atoms with van der Waals surface area (Å²) in [7, 11) is 0. The van der Waals surface area contributed by atoms with Gasteiger partial charge in [-0.1, -0.05) is 0 Å². The van der Waals surface area contributed by atoms with E-state index in [4.69, 9.17) is 16.3 Å². The van der Waals surface area contributed by atoms with E-state index in [1.165, 1.54) is 5.69 Å². The van der Waals surface area contributed by atoms with E-state index in [1.54, 1.807) is 0 Å². The molecule has 1 amide bonds. The van der Waals surface area contributed by atoms with Crippen molar-refractivity contribution >= 4 is 23.2 Å². The van der Waals surface area contributed by atoms with Crippen LogP contribution in [0.25, 0.3) is 0 Å². The molecule has 0 bridgehead atoms. The summed E-state index contributed by atoms with van der Waals surface area (Å²) >= 11 is 5.65. The fourth-order valence-corrected chi connectivity index (χ4v) is 4.38. The number of anilines is 1. The van der Waals surface area contributed by atoms with Crippen LogP contribution in [-0.4, -0.2) is 67.7 Å². The largest absolute Gasteiger partial charge is 0.375 e. The fourth-order valence-electron chi connectivity index (χ4n) is 4.24. The van der Waals surface area contributed by atoms with Crippen molar-refractivity contribution < 1.29 is 9.53 Å². The van der Waals surface area contributed by atoms with Crippen LogP contribution in [0.5, 0.6) is 0 Å². The van der Waals surface area contributed by atoms with Gasteiger partial charge >= 0.3 is 0 Å². The highest BCUT2D eigenvalue weighted by atomic mass is 35.5. The second kappa shape index (κ2) is 11.2. The van der Waals surface area contributed by atoms with E-state index >= 15 is 0 Å². The van der Waals surface area contributed by atoms with Crippen LogP contribution >= 0.6 is 11.6 Å². The normalized spacial score (nSPS) is 19.7. The van der Waals surface area contributed by atoms with Gasteiger partial charge in [0.15, 0.2) is 0 Å². The summed E-state index contributed by atoms with van der Waals surface area (Å²) in [5.41, 5.74) is 1.89. The Balaban J connectivity index is 1.41. The lowest BCUT2D eigenvalue weighted by molar-refractivity contribution is -0.0540. The van der Waals surface area contributed by atoms with Crippen LogP contribution < -0.4 is 10.2 Å². The number of hydrogen-bond acceptors (Lipinski definition) is 4. The van der Waals surface area contributed by atoms with Crippen molar-refractivity contribution in [2.45, 2.75) is 64.2 Å². The number of carbonyl (C=O) groups excluding carboxylic acids is 1. The Hall–Kier alpha value is -1.30. The molecule has 3 rings (SSSR count). The molecule has 5 nitrogen and oxygen atoms in total. The molecular weight excluding hydrogens is 386 g/mol. The van der Waals surface area contributed by atoms with Gasteiger partial charge in [-0.2, -0.15) is 0 Å². The van der Waals surface area contributed by atoms with Crippen molar-refractivity contribution in [3.05, 3.63) is 29.8 Å². The van der Waals surface area contributed by atoms with Gasteiger partial charge in [-0.05, 0) is 70.2 Å². The molecule has 6 heteroatoms. The Bertz CT molecular complexity index is 622. The predicted molar refractivity (Wildman–Crippen MR) is 120 cm³/mol. The monoisotopic (exact) mass is 421 g/mol. The molecule has 1 N–H and O–H groups in total. The highest BCUT2D eigenvalue weighted by molar-refractivity contribution is 6.17. The number of alkyl halides is 1. The molecular formula is C23H36ClN3O2. The van der Waals surface area contributed by atoms with Gasteiger partial charge in [0.05, 0.1) is 12.2 Å². The topological polar surface area (TPSA) is 44.8 Å². The number of nitrogens with one attached hydrogen (secondary N) is 1. The Morgan fingerprint density at radius 1 is 1.07 bits per heavy atom. The van der Waals surface area contributed by atoms with Crippen LogP contribution in [-0.2, 0) is 4.74 Å². The third-order valence-electron chi connectivity index (χ3n) is 6.12. The number of piperidine rings is 2. The highest BCUT2D eigenvalue weighted by Gasteiger charge is 2.26. The summed E-state index contributed by atoms with van der Waals surface area (Å²) in [6.45, 7) is 9.51. The third-order valence-corrected chi connectivity index (χ3v) is 6.39. The number of rotatable bonds is 8. The van der Waals surface area contributed by atoms with Crippen molar-refractivity contribution in [3.63, 3.8) is 0 Å². The highest BCUT2D eigenvalue weighted by Crippen LogP contribution is 2.25. The Morgan fingerprint density at radius 2 is 1.66 bits per heavy atom. The van der Waals surface area contributed by atoms with E-state index in [2.05, 4.69) is 41.1 Å². The maximum atomic E-state index is 12.1. The second-order valence-electron chi connectivity index (χ2n) is 8.50. The van der Waals surface area contributed by atoms with Crippen LogP contribution in [0.1, 0.15) is 56.3 Å². The minimum absolute atomic E-state index is 0.0303. The van der Waals surface area contributed by atoms with Crippen molar-refractivity contribution in [2.75, 3.05) is 43.5 Å². The first-order chi connectivity index (χ1) is 14.1. The first-order valence-electron chi connectivity index (χ1n) is 11.2. The first-order valence-corrected chi connectivity index (χ1v) is 11.7. The second-order valence-corrected chi connectivity index (χ2v) is 8.87. The molecule has 2 heterocycles. The smallest absolute Gasteiger partial charge is 0.251 e. The third kappa shape index (κ3) is 6.59. The van der Waals surface area contributed by atoms with Gasteiger partial charge in [0.25, 0.3) is 5.91 Å². The molecule has 29 heavy (non-hydrogen) atoms. The number of carbonyl (C=O) groups is 1. The van der Waals surface area contributed by atoms with E-state index < -0.39 is 0 Å². The summed E-state index contributed by atoms with van der Waals surface area (Å²) < 4.78 is 6.43. The van der Waals surface area contributed by atoms with Crippen LogP contribution in [0.15, 0.2) is 24.3 Å². The Kier molecular flexibility index (Phi) is 8.64. The van der Waals surface area contributed by atoms with Crippen molar-refractivity contribution in [3.8, 4) is 0 Å². The average Bonchev–Trinajstić information content (AvgIpc) is 2.75. The number of nitrogens with zero attached hydrogens (tertiary/aromatic N) is 2. The maximum absolute atomic E-state index is 12.1. The lowest BCUT2D eigenvalue weighted by Crippen LogP contribution is -2.43. The summed E-state index contributed by atoms with van der Waals surface area (Å²) in [6, 6.07) is 8.58. The van der Waals surface area contributed by atoms with Crippen LogP contribution in [0, 0.1) is 0 Å². The van der Waals surface area contributed by atoms with Gasteiger partial charge in [0.2, 0.25) is 0 Å². The lowest BCUT2D eigenvalue weighted by atomic mass is 10.0. The molecule has 1 aromatic rings. The number of amides is 1.